The number of fused-ring (bicyclic) bond motifs is 1. The Labute approximate surface area is 142 Å². The highest BCUT2D eigenvalue weighted by Crippen LogP contribution is 2.26. The average molecular weight is 321 g/mol. The smallest absolute Gasteiger partial charge is 0.226 e. The van der Waals surface area contributed by atoms with E-state index in [0.717, 1.165) is 49.1 Å². The molecule has 1 saturated heterocycles. The van der Waals surface area contributed by atoms with Crippen LogP contribution in [-0.4, -0.2) is 35.6 Å². The first-order chi connectivity index (χ1) is 11.7. The number of aromatic nitrogens is 1. The van der Waals surface area contributed by atoms with Crippen LogP contribution in [0.5, 0.6) is 0 Å². The molecule has 0 saturated carbocycles. The summed E-state index contributed by atoms with van der Waals surface area (Å²) >= 11 is 0. The van der Waals surface area contributed by atoms with Gasteiger partial charge in [-0.2, -0.15) is 0 Å². The van der Waals surface area contributed by atoms with Crippen LogP contribution in [0.25, 0.3) is 22.2 Å². The van der Waals surface area contributed by atoms with E-state index in [2.05, 4.69) is 59.6 Å². The lowest BCUT2D eigenvalue weighted by Crippen LogP contribution is -2.49. The zero-order valence-electron chi connectivity index (χ0n) is 14.2. The van der Waals surface area contributed by atoms with Crippen LogP contribution in [0.4, 0.5) is 0 Å². The van der Waals surface area contributed by atoms with Gasteiger partial charge in [0.2, 0.25) is 5.89 Å². The summed E-state index contributed by atoms with van der Waals surface area (Å²) in [6.45, 7) is 8.25. The van der Waals surface area contributed by atoms with Gasteiger partial charge in [0.1, 0.15) is 5.76 Å². The molecule has 1 N–H and O–H groups in total. The van der Waals surface area contributed by atoms with E-state index in [-0.39, 0.29) is 0 Å². The van der Waals surface area contributed by atoms with E-state index in [0.29, 0.717) is 6.04 Å². The quantitative estimate of drug-likeness (QED) is 0.800. The van der Waals surface area contributed by atoms with Crippen LogP contribution < -0.4 is 5.32 Å². The molecule has 1 aliphatic rings. The number of aryl methyl sites for hydroxylation is 1. The van der Waals surface area contributed by atoms with Gasteiger partial charge in [-0.25, -0.2) is 4.98 Å². The number of hydrogen-bond donors (Lipinski definition) is 1. The standard InChI is InChI=1S/C20H23N3O/c1-14-12-21-9-10-23(14)13-19-15(2)24-20(22-19)18-8-7-16-5-3-4-6-17(16)11-18/h3-8,11,14,21H,9-10,12-13H2,1-2H3. The molecule has 4 nitrogen and oxygen atoms in total. The van der Waals surface area contributed by atoms with Crippen LogP contribution in [0, 0.1) is 6.92 Å². The molecule has 2 aromatic carbocycles. The zero-order valence-corrected chi connectivity index (χ0v) is 14.2. The maximum Gasteiger partial charge on any atom is 0.226 e. The fraction of sp³-hybridized carbons (Fsp3) is 0.350. The first-order valence-electron chi connectivity index (χ1n) is 8.61. The van der Waals surface area contributed by atoms with E-state index in [1.807, 2.05) is 6.92 Å². The molecule has 0 radical (unpaired) electrons. The minimum Gasteiger partial charge on any atom is -0.441 e. The number of nitrogens with one attached hydrogen (secondary N) is 1. The first-order valence-corrected chi connectivity index (χ1v) is 8.61. The third-order valence-electron chi connectivity index (χ3n) is 4.88. The molecule has 124 valence electrons. The summed E-state index contributed by atoms with van der Waals surface area (Å²) < 4.78 is 5.97. The van der Waals surface area contributed by atoms with E-state index in [9.17, 15) is 0 Å². The van der Waals surface area contributed by atoms with Crippen LogP contribution >= 0.6 is 0 Å². The lowest BCUT2D eigenvalue weighted by atomic mass is 10.1. The fourth-order valence-corrected chi connectivity index (χ4v) is 3.33. The number of oxazole rings is 1. The number of hydrogen-bond acceptors (Lipinski definition) is 4. The molecular formula is C20H23N3O. The monoisotopic (exact) mass is 321 g/mol. The zero-order chi connectivity index (χ0) is 16.5. The minimum absolute atomic E-state index is 0.527. The summed E-state index contributed by atoms with van der Waals surface area (Å²) in [4.78, 5) is 7.25. The van der Waals surface area contributed by atoms with Gasteiger partial charge < -0.3 is 9.73 Å². The van der Waals surface area contributed by atoms with Crippen molar-refractivity contribution in [1.29, 1.82) is 0 Å². The molecular weight excluding hydrogens is 298 g/mol. The van der Waals surface area contributed by atoms with Crippen molar-refractivity contribution >= 4 is 10.8 Å². The topological polar surface area (TPSA) is 41.3 Å². The molecule has 0 spiro atoms. The maximum atomic E-state index is 5.97. The van der Waals surface area contributed by atoms with Gasteiger partial charge in [-0.15, -0.1) is 0 Å². The van der Waals surface area contributed by atoms with Crippen molar-refractivity contribution in [1.82, 2.24) is 15.2 Å². The third-order valence-corrected chi connectivity index (χ3v) is 4.88. The number of rotatable bonds is 3. The first kappa shape index (κ1) is 15.4. The third kappa shape index (κ3) is 2.95. The molecule has 4 heteroatoms. The molecule has 0 bridgehead atoms. The Hall–Kier alpha value is -2.17. The van der Waals surface area contributed by atoms with Gasteiger partial charge in [0.25, 0.3) is 0 Å². The van der Waals surface area contributed by atoms with Gasteiger partial charge in [-0.3, -0.25) is 4.90 Å². The summed E-state index contributed by atoms with van der Waals surface area (Å²) in [5.74, 6) is 1.64. The van der Waals surface area contributed by atoms with E-state index in [1.54, 1.807) is 0 Å². The van der Waals surface area contributed by atoms with Crippen molar-refractivity contribution in [3.8, 4) is 11.5 Å². The fourth-order valence-electron chi connectivity index (χ4n) is 3.33. The molecule has 1 fully saturated rings. The molecule has 1 aliphatic heterocycles. The average Bonchev–Trinajstić information content (AvgIpc) is 2.97. The molecule has 24 heavy (non-hydrogen) atoms. The molecule has 3 aromatic rings. The van der Waals surface area contributed by atoms with Crippen LogP contribution in [-0.2, 0) is 6.54 Å². The lowest BCUT2D eigenvalue weighted by Gasteiger charge is -2.33. The Morgan fingerprint density at radius 3 is 2.88 bits per heavy atom. The van der Waals surface area contributed by atoms with E-state index in [1.165, 1.54) is 10.8 Å². The number of piperazine rings is 1. The normalized spacial score (nSPS) is 19.0. The Kier molecular flexibility index (Phi) is 4.08. The van der Waals surface area contributed by atoms with Gasteiger partial charge >= 0.3 is 0 Å². The Balaban J connectivity index is 1.62. The van der Waals surface area contributed by atoms with Crippen molar-refractivity contribution in [2.24, 2.45) is 0 Å². The van der Waals surface area contributed by atoms with Gasteiger partial charge in [-0.1, -0.05) is 30.3 Å². The predicted octanol–water partition coefficient (Wildman–Crippen LogP) is 3.60. The van der Waals surface area contributed by atoms with Crippen LogP contribution in [0.15, 0.2) is 46.9 Å². The van der Waals surface area contributed by atoms with Gasteiger partial charge in [-0.05, 0) is 36.8 Å². The molecule has 4 rings (SSSR count). The molecule has 1 aromatic heterocycles. The predicted molar refractivity (Wildman–Crippen MR) is 96.9 cm³/mol. The summed E-state index contributed by atoms with van der Waals surface area (Å²) in [5.41, 5.74) is 2.09. The highest BCUT2D eigenvalue weighted by atomic mass is 16.4. The summed E-state index contributed by atoms with van der Waals surface area (Å²) in [7, 11) is 0. The van der Waals surface area contributed by atoms with Gasteiger partial charge in [0.15, 0.2) is 0 Å². The van der Waals surface area contributed by atoms with Gasteiger partial charge in [0, 0.05) is 37.8 Å². The van der Waals surface area contributed by atoms with Crippen molar-refractivity contribution in [2.45, 2.75) is 26.4 Å². The van der Waals surface area contributed by atoms with Crippen LogP contribution in [0.2, 0.25) is 0 Å². The molecule has 0 amide bonds. The Morgan fingerprint density at radius 2 is 2.04 bits per heavy atom. The van der Waals surface area contributed by atoms with Crippen molar-refractivity contribution in [3.05, 3.63) is 53.9 Å². The second-order valence-electron chi connectivity index (χ2n) is 6.61. The minimum atomic E-state index is 0.527. The molecule has 2 heterocycles. The second kappa shape index (κ2) is 6.38. The van der Waals surface area contributed by atoms with Gasteiger partial charge in [0.05, 0.1) is 5.69 Å². The van der Waals surface area contributed by atoms with Crippen LogP contribution in [0.1, 0.15) is 18.4 Å². The highest BCUT2D eigenvalue weighted by molar-refractivity contribution is 5.86. The van der Waals surface area contributed by atoms with Crippen molar-refractivity contribution in [3.63, 3.8) is 0 Å². The van der Waals surface area contributed by atoms with Crippen molar-refractivity contribution < 1.29 is 4.42 Å². The van der Waals surface area contributed by atoms with E-state index in [4.69, 9.17) is 9.40 Å². The van der Waals surface area contributed by atoms with Crippen LogP contribution in [0.3, 0.4) is 0 Å². The van der Waals surface area contributed by atoms with E-state index >= 15 is 0 Å². The molecule has 0 aliphatic carbocycles. The molecule has 1 unspecified atom stereocenters. The van der Waals surface area contributed by atoms with E-state index < -0.39 is 0 Å². The largest absolute Gasteiger partial charge is 0.441 e. The summed E-state index contributed by atoms with van der Waals surface area (Å²) in [6, 6.07) is 15.3. The Bertz CT molecular complexity index is 855. The number of nitrogens with zero attached hydrogens (tertiary/aromatic N) is 2. The SMILES string of the molecule is Cc1oc(-c2ccc3ccccc3c2)nc1CN1CCNCC1C. The Morgan fingerprint density at radius 1 is 1.21 bits per heavy atom. The highest BCUT2D eigenvalue weighted by Gasteiger charge is 2.21. The molecule has 1 atom stereocenters. The summed E-state index contributed by atoms with van der Waals surface area (Å²) in [5, 5.41) is 5.87. The number of benzene rings is 2. The maximum absolute atomic E-state index is 5.97. The second-order valence-corrected chi connectivity index (χ2v) is 6.61. The summed E-state index contributed by atoms with van der Waals surface area (Å²) in [6.07, 6.45) is 0. The lowest BCUT2D eigenvalue weighted by molar-refractivity contribution is 0.163. The van der Waals surface area contributed by atoms with Crippen molar-refractivity contribution in [2.75, 3.05) is 19.6 Å².